The van der Waals surface area contributed by atoms with Crippen molar-refractivity contribution in [2.24, 2.45) is 11.7 Å². The van der Waals surface area contributed by atoms with Gasteiger partial charge in [-0.05, 0) is 62.8 Å². The summed E-state index contributed by atoms with van der Waals surface area (Å²) in [7, 11) is 0. The molecule has 0 spiro atoms. The molecule has 0 radical (unpaired) electrons. The van der Waals surface area contributed by atoms with Crippen LogP contribution in [0, 0.1) is 5.92 Å². The fourth-order valence-corrected chi connectivity index (χ4v) is 5.40. The van der Waals surface area contributed by atoms with Gasteiger partial charge in [-0.2, -0.15) is 5.10 Å². The first kappa shape index (κ1) is 23.6. The second kappa shape index (κ2) is 9.61. The highest BCUT2D eigenvalue weighted by molar-refractivity contribution is 5.97. The molecular formula is C28H33N7O2. The number of hydrogen-bond acceptors (Lipinski definition) is 7. The van der Waals surface area contributed by atoms with Gasteiger partial charge in [-0.1, -0.05) is 24.3 Å². The molecule has 192 valence electrons. The second-order valence-electron chi connectivity index (χ2n) is 10.7. The Morgan fingerprint density at radius 2 is 1.86 bits per heavy atom. The molecule has 9 nitrogen and oxygen atoms in total. The first-order valence-electron chi connectivity index (χ1n) is 13.3. The lowest BCUT2D eigenvalue weighted by molar-refractivity contribution is 0.0944. The molecule has 1 amide bonds. The van der Waals surface area contributed by atoms with E-state index in [1.807, 2.05) is 23.0 Å². The van der Waals surface area contributed by atoms with E-state index in [9.17, 15) is 9.59 Å². The lowest BCUT2D eigenvalue weighted by atomic mass is 9.85. The summed E-state index contributed by atoms with van der Waals surface area (Å²) in [5.41, 5.74) is 8.56. The van der Waals surface area contributed by atoms with Crippen molar-refractivity contribution >= 4 is 29.0 Å². The maximum atomic E-state index is 13.1. The summed E-state index contributed by atoms with van der Waals surface area (Å²) < 4.78 is 1.93. The van der Waals surface area contributed by atoms with E-state index in [1.54, 1.807) is 12.4 Å². The molecular weight excluding hydrogens is 466 g/mol. The molecule has 1 aromatic carbocycles. The number of rotatable bonds is 9. The van der Waals surface area contributed by atoms with E-state index >= 15 is 0 Å². The molecule has 2 atom stereocenters. The zero-order valence-corrected chi connectivity index (χ0v) is 21.1. The molecule has 3 N–H and O–H groups in total. The van der Waals surface area contributed by atoms with Crippen LogP contribution in [-0.4, -0.2) is 44.0 Å². The maximum Gasteiger partial charge on any atom is 0.271 e. The van der Waals surface area contributed by atoms with E-state index in [-0.39, 0.29) is 23.4 Å². The summed E-state index contributed by atoms with van der Waals surface area (Å²) in [6, 6.07) is 8.74. The van der Waals surface area contributed by atoms with Crippen LogP contribution in [0.3, 0.4) is 0 Å². The molecule has 3 heterocycles. The number of amides is 1. The third-order valence-corrected chi connectivity index (χ3v) is 7.95. The standard InChI is InChI=1S/C28H33N7O2/c1-17-21(13-24(36)20-8-6-19(7-9-20)18-4-5-18)3-2-12-34(17)25-15-30-26(27(29)37)28(33-25)32-22-14-31-35(16-22)23-10-11-23/h6-9,14-18,21,23H,2-5,10-13H2,1H3,(H2,29,37)(H,32,33)/t17-,21+/m1/s1. The molecule has 3 aliphatic rings. The molecule has 3 fully saturated rings. The number of piperidine rings is 1. The highest BCUT2D eigenvalue weighted by Gasteiger charge is 2.32. The molecule has 9 heteroatoms. The van der Waals surface area contributed by atoms with Crippen molar-refractivity contribution in [3.05, 3.63) is 59.7 Å². The van der Waals surface area contributed by atoms with Crippen molar-refractivity contribution in [2.75, 3.05) is 16.8 Å². The summed E-state index contributed by atoms with van der Waals surface area (Å²) in [6.45, 7) is 2.95. The van der Waals surface area contributed by atoms with Crippen molar-refractivity contribution < 1.29 is 9.59 Å². The van der Waals surface area contributed by atoms with Gasteiger partial charge in [0.15, 0.2) is 17.3 Å². The van der Waals surface area contributed by atoms with Crippen LogP contribution in [0.15, 0.2) is 42.9 Å². The molecule has 0 bridgehead atoms. The topological polar surface area (TPSA) is 119 Å². The lowest BCUT2D eigenvalue weighted by Gasteiger charge is -2.40. The van der Waals surface area contributed by atoms with E-state index in [2.05, 4.69) is 39.4 Å². The molecule has 2 saturated carbocycles. The molecule has 0 unspecified atom stereocenters. The summed E-state index contributed by atoms with van der Waals surface area (Å²) in [5.74, 6) is 1.43. The molecule has 1 saturated heterocycles. The average Bonchev–Trinajstić information content (AvgIpc) is 3.84. The van der Waals surface area contributed by atoms with E-state index in [0.29, 0.717) is 30.0 Å². The quantitative estimate of drug-likeness (QED) is 0.413. The molecule has 37 heavy (non-hydrogen) atoms. The van der Waals surface area contributed by atoms with Crippen LogP contribution in [-0.2, 0) is 0 Å². The molecule has 2 aromatic heterocycles. The number of hydrogen-bond donors (Lipinski definition) is 2. The summed E-state index contributed by atoms with van der Waals surface area (Å²) in [5, 5.41) is 7.59. The number of nitrogens with two attached hydrogens (primary N) is 1. The van der Waals surface area contributed by atoms with Gasteiger partial charge in [-0.3, -0.25) is 14.3 Å². The Bertz CT molecular complexity index is 1310. The first-order chi connectivity index (χ1) is 18.0. The zero-order chi connectivity index (χ0) is 25.5. The van der Waals surface area contributed by atoms with Gasteiger partial charge in [-0.15, -0.1) is 0 Å². The highest BCUT2D eigenvalue weighted by atomic mass is 16.1. The van der Waals surface area contributed by atoms with Crippen molar-refractivity contribution in [1.29, 1.82) is 0 Å². The maximum absolute atomic E-state index is 13.1. The van der Waals surface area contributed by atoms with E-state index in [4.69, 9.17) is 10.7 Å². The molecule has 6 rings (SSSR count). The van der Waals surface area contributed by atoms with Crippen molar-refractivity contribution in [2.45, 2.75) is 69.9 Å². The zero-order valence-electron chi connectivity index (χ0n) is 21.1. The van der Waals surface area contributed by atoms with Crippen LogP contribution in [0.4, 0.5) is 17.3 Å². The van der Waals surface area contributed by atoms with Crippen LogP contribution in [0.1, 0.15) is 90.2 Å². The number of nitrogens with zero attached hydrogens (tertiary/aromatic N) is 5. The number of anilines is 3. The van der Waals surface area contributed by atoms with Crippen molar-refractivity contribution in [1.82, 2.24) is 19.7 Å². The molecule has 3 aromatic rings. The second-order valence-corrected chi connectivity index (χ2v) is 10.7. The van der Waals surface area contributed by atoms with Crippen LogP contribution in [0.5, 0.6) is 0 Å². The minimum atomic E-state index is -0.640. The number of ketones is 1. The third kappa shape index (κ3) is 5.08. The average molecular weight is 500 g/mol. The fraction of sp³-hybridized carbons (Fsp3) is 0.464. The number of carbonyl (C=O) groups is 2. The van der Waals surface area contributed by atoms with Gasteiger partial charge in [0.2, 0.25) is 0 Å². The van der Waals surface area contributed by atoms with Gasteiger partial charge in [0.1, 0.15) is 5.82 Å². The summed E-state index contributed by atoms with van der Waals surface area (Å²) in [6.07, 6.45) is 12.5. The van der Waals surface area contributed by atoms with Gasteiger partial charge in [0.05, 0.1) is 24.1 Å². The Morgan fingerprint density at radius 1 is 1.08 bits per heavy atom. The number of benzene rings is 1. The first-order valence-corrected chi connectivity index (χ1v) is 13.3. The van der Waals surface area contributed by atoms with Gasteiger partial charge in [0.25, 0.3) is 5.91 Å². The lowest BCUT2D eigenvalue weighted by Crippen LogP contribution is -2.44. The van der Waals surface area contributed by atoms with Gasteiger partial charge < -0.3 is 16.0 Å². The van der Waals surface area contributed by atoms with Crippen molar-refractivity contribution in [3.8, 4) is 0 Å². The van der Waals surface area contributed by atoms with Gasteiger partial charge >= 0.3 is 0 Å². The van der Waals surface area contributed by atoms with E-state index < -0.39 is 5.91 Å². The van der Waals surface area contributed by atoms with Crippen LogP contribution in [0.2, 0.25) is 0 Å². The summed E-state index contributed by atoms with van der Waals surface area (Å²) >= 11 is 0. The van der Waals surface area contributed by atoms with Gasteiger partial charge in [0, 0.05) is 30.8 Å². The highest BCUT2D eigenvalue weighted by Crippen LogP contribution is 2.40. The third-order valence-electron chi connectivity index (χ3n) is 7.95. The van der Waals surface area contributed by atoms with E-state index in [1.165, 1.54) is 18.4 Å². The number of carbonyl (C=O) groups excluding carboxylic acids is 2. The number of aromatic nitrogens is 4. The minimum Gasteiger partial charge on any atom is -0.364 e. The Balaban J connectivity index is 1.18. The van der Waals surface area contributed by atoms with Crippen LogP contribution in [0.25, 0.3) is 0 Å². The SMILES string of the molecule is C[C@@H]1[C@H](CC(=O)c2ccc(C3CC3)cc2)CCCN1c1cnc(C(N)=O)c(Nc2cnn(C3CC3)c2)n1. The predicted octanol–water partition coefficient (Wildman–Crippen LogP) is 4.61. The van der Waals surface area contributed by atoms with Crippen LogP contribution >= 0.6 is 0 Å². The number of primary amides is 1. The molecule has 1 aliphatic heterocycles. The minimum absolute atomic E-state index is 0.0916. The predicted molar refractivity (Wildman–Crippen MR) is 141 cm³/mol. The Hall–Kier alpha value is -3.75. The number of Topliss-reactive ketones (excluding diaryl/α,β-unsaturated/α-hetero) is 1. The van der Waals surface area contributed by atoms with Crippen molar-refractivity contribution in [3.63, 3.8) is 0 Å². The summed E-state index contributed by atoms with van der Waals surface area (Å²) in [4.78, 5) is 36.5. The normalized spacial score (nSPS) is 21.6. The molecule has 2 aliphatic carbocycles. The smallest absolute Gasteiger partial charge is 0.271 e. The largest absolute Gasteiger partial charge is 0.364 e. The fourth-order valence-electron chi connectivity index (χ4n) is 5.40. The van der Waals surface area contributed by atoms with Crippen LogP contribution < -0.4 is 16.0 Å². The Kier molecular flexibility index (Phi) is 6.14. The Morgan fingerprint density at radius 3 is 2.57 bits per heavy atom. The monoisotopic (exact) mass is 499 g/mol. The number of nitrogens with one attached hydrogen (secondary N) is 1. The van der Waals surface area contributed by atoms with Gasteiger partial charge in [-0.25, -0.2) is 9.97 Å². The Labute approximate surface area is 216 Å². The van der Waals surface area contributed by atoms with E-state index in [0.717, 1.165) is 43.5 Å².